The van der Waals surface area contributed by atoms with Crippen LogP contribution in [0.15, 0.2) is 69.8 Å². The fourth-order valence-corrected chi connectivity index (χ4v) is 3.38. The average Bonchev–Trinajstić information content (AvgIpc) is 2.94. The number of esters is 1. The number of hydrogen-bond donors (Lipinski definition) is 2. The molecule has 0 aromatic heterocycles. The maximum absolute atomic E-state index is 13.1. The first kappa shape index (κ1) is 18.7. The minimum Gasteiger partial charge on any atom is -0.508 e. The maximum atomic E-state index is 13.1. The molecule has 0 amide bonds. The molecule has 5 nitrogen and oxygen atoms in total. The van der Waals surface area contributed by atoms with Gasteiger partial charge in [-0.2, -0.15) is 0 Å². The van der Waals surface area contributed by atoms with Crippen molar-refractivity contribution >= 4 is 34.5 Å². The molecule has 1 aliphatic rings. The van der Waals surface area contributed by atoms with E-state index in [0.29, 0.717) is 10.6 Å². The third kappa shape index (κ3) is 4.38. The number of phenolic OH excluding ortho intramolecular Hbond substituents is 1. The van der Waals surface area contributed by atoms with Crippen molar-refractivity contribution in [2.75, 3.05) is 6.61 Å². The highest BCUT2D eigenvalue weighted by Crippen LogP contribution is 2.40. The molecule has 0 atom stereocenters. The smallest absolute Gasteiger partial charge is 0.344 e. The van der Waals surface area contributed by atoms with E-state index in [1.165, 1.54) is 36.4 Å². The largest absolute Gasteiger partial charge is 0.508 e. The van der Waals surface area contributed by atoms with Crippen LogP contribution in [-0.4, -0.2) is 27.8 Å². The molecule has 0 radical (unpaired) electrons. The summed E-state index contributed by atoms with van der Waals surface area (Å²) in [7, 11) is 0. The summed E-state index contributed by atoms with van der Waals surface area (Å²) in [6.07, 6.45) is 1.67. The van der Waals surface area contributed by atoms with Crippen molar-refractivity contribution in [3.63, 3.8) is 0 Å². The average molecular weight is 385 g/mol. The summed E-state index contributed by atoms with van der Waals surface area (Å²) in [5.41, 5.74) is 1.14. The van der Waals surface area contributed by atoms with E-state index in [2.05, 4.69) is 4.99 Å². The summed E-state index contributed by atoms with van der Waals surface area (Å²) in [6, 6.07) is 11.9. The molecule has 2 aromatic rings. The number of hydrogen-bond acceptors (Lipinski definition) is 6. The third-order valence-electron chi connectivity index (χ3n) is 3.62. The first-order valence-electron chi connectivity index (χ1n) is 8.12. The zero-order chi connectivity index (χ0) is 19.4. The van der Waals surface area contributed by atoms with Crippen molar-refractivity contribution < 1.29 is 24.1 Å². The van der Waals surface area contributed by atoms with Crippen molar-refractivity contribution in [2.45, 2.75) is 6.92 Å². The molecule has 3 rings (SSSR count). The van der Waals surface area contributed by atoms with Crippen LogP contribution in [0.25, 0.3) is 6.08 Å². The zero-order valence-electron chi connectivity index (χ0n) is 14.3. The van der Waals surface area contributed by atoms with Crippen LogP contribution in [0.1, 0.15) is 12.5 Å². The number of carbonyl (C=O) groups is 1. The van der Waals surface area contributed by atoms with Gasteiger partial charge in [0.2, 0.25) is 0 Å². The molecule has 2 aromatic carbocycles. The number of nitrogens with zero attached hydrogens (tertiary/aromatic N) is 1. The lowest BCUT2D eigenvalue weighted by molar-refractivity contribution is -0.138. The van der Waals surface area contributed by atoms with Gasteiger partial charge < -0.3 is 14.9 Å². The molecule has 7 heteroatoms. The minimum absolute atomic E-state index is 0.0313. The first-order valence-corrected chi connectivity index (χ1v) is 8.93. The van der Waals surface area contributed by atoms with Crippen molar-refractivity contribution in [3.8, 4) is 5.75 Å². The van der Waals surface area contributed by atoms with Crippen molar-refractivity contribution in [3.05, 3.63) is 76.1 Å². The predicted molar refractivity (Wildman–Crippen MR) is 103 cm³/mol. The number of ether oxygens (including phenoxy) is 1. The number of aliphatic imine (C=N–C) groups is 1. The number of aromatic hydroxyl groups is 1. The molecule has 138 valence electrons. The van der Waals surface area contributed by atoms with E-state index >= 15 is 0 Å². The molecule has 0 spiro atoms. The number of halogens is 1. The van der Waals surface area contributed by atoms with Crippen LogP contribution < -0.4 is 0 Å². The van der Waals surface area contributed by atoms with Gasteiger partial charge in [-0.15, -0.1) is 0 Å². The van der Waals surface area contributed by atoms with E-state index in [1.807, 2.05) is 0 Å². The molecule has 0 saturated carbocycles. The van der Waals surface area contributed by atoms with Crippen molar-refractivity contribution in [1.82, 2.24) is 0 Å². The van der Waals surface area contributed by atoms with Gasteiger partial charge in [-0.05, 0) is 55.0 Å². The van der Waals surface area contributed by atoms with Crippen LogP contribution in [0.3, 0.4) is 0 Å². The van der Waals surface area contributed by atoms with Gasteiger partial charge in [0.25, 0.3) is 0 Å². The summed E-state index contributed by atoms with van der Waals surface area (Å²) in [5.74, 6) is -1.18. The lowest BCUT2D eigenvalue weighted by Crippen LogP contribution is -2.12. The zero-order valence-corrected chi connectivity index (χ0v) is 15.2. The Morgan fingerprint density at radius 1 is 1.15 bits per heavy atom. The van der Waals surface area contributed by atoms with E-state index in [1.54, 1.807) is 25.1 Å². The van der Waals surface area contributed by atoms with Crippen LogP contribution >= 0.6 is 11.8 Å². The van der Waals surface area contributed by atoms with E-state index in [-0.39, 0.29) is 28.7 Å². The van der Waals surface area contributed by atoms with Gasteiger partial charge in [0, 0.05) is 0 Å². The molecule has 0 unspecified atom stereocenters. The first-order chi connectivity index (χ1) is 13.0. The highest BCUT2D eigenvalue weighted by atomic mass is 32.2. The topological polar surface area (TPSA) is 79.1 Å². The Hall–Kier alpha value is -3.06. The summed E-state index contributed by atoms with van der Waals surface area (Å²) in [4.78, 5) is 17.1. The molecule has 0 fully saturated rings. The maximum Gasteiger partial charge on any atom is 0.344 e. The monoisotopic (exact) mass is 385 g/mol. The number of thioether (sulfide) groups is 1. The Morgan fingerprint density at radius 2 is 1.81 bits per heavy atom. The van der Waals surface area contributed by atoms with Gasteiger partial charge in [0.15, 0.2) is 0 Å². The molecule has 0 bridgehead atoms. The molecular formula is C20H16FNO4S. The highest BCUT2D eigenvalue weighted by molar-refractivity contribution is 8.18. The number of benzene rings is 2. The van der Waals surface area contributed by atoms with E-state index in [0.717, 1.165) is 17.3 Å². The summed E-state index contributed by atoms with van der Waals surface area (Å²) < 4.78 is 18.1. The second kappa shape index (κ2) is 8.09. The lowest BCUT2D eigenvalue weighted by Gasteiger charge is -2.03. The number of carbonyl (C=O) groups excluding carboxylic acids is 1. The normalized spacial score (nSPS) is 17.0. The molecule has 0 saturated heterocycles. The van der Waals surface area contributed by atoms with Crippen LogP contribution in [0.2, 0.25) is 0 Å². The summed E-state index contributed by atoms with van der Waals surface area (Å²) in [5, 5.41) is 20.2. The Bertz CT molecular complexity index is 947. The number of aliphatic hydroxyl groups is 1. The SMILES string of the molecule is CCOC(=O)C1=C(O)C(=Cc2ccc(O)cc2)SC1=Nc1ccc(F)cc1. The molecular weight excluding hydrogens is 369 g/mol. The molecule has 1 heterocycles. The fourth-order valence-electron chi connectivity index (χ4n) is 2.35. The van der Waals surface area contributed by atoms with E-state index in [9.17, 15) is 19.4 Å². The summed E-state index contributed by atoms with van der Waals surface area (Å²) in [6.45, 7) is 1.82. The Balaban J connectivity index is 2.02. The Labute approximate surface area is 159 Å². The third-order valence-corrected chi connectivity index (χ3v) is 4.64. The van der Waals surface area contributed by atoms with Crippen LogP contribution in [0.5, 0.6) is 5.75 Å². The molecule has 1 aliphatic heterocycles. The van der Waals surface area contributed by atoms with Crippen LogP contribution in [0.4, 0.5) is 10.1 Å². The molecule has 27 heavy (non-hydrogen) atoms. The quantitative estimate of drug-likeness (QED) is 0.744. The molecule has 0 aliphatic carbocycles. The van der Waals surface area contributed by atoms with Gasteiger partial charge >= 0.3 is 5.97 Å². The van der Waals surface area contributed by atoms with Gasteiger partial charge in [-0.3, -0.25) is 0 Å². The van der Waals surface area contributed by atoms with Crippen molar-refractivity contribution in [2.24, 2.45) is 4.99 Å². The van der Waals surface area contributed by atoms with Gasteiger partial charge in [-0.1, -0.05) is 23.9 Å². The van der Waals surface area contributed by atoms with Crippen molar-refractivity contribution in [1.29, 1.82) is 0 Å². The Morgan fingerprint density at radius 3 is 2.44 bits per heavy atom. The van der Waals surface area contributed by atoms with Gasteiger partial charge in [-0.25, -0.2) is 14.2 Å². The number of rotatable bonds is 4. The summed E-state index contributed by atoms with van der Waals surface area (Å²) >= 11 is 1.11. The van der Waals surface area contributed by atoms with E-state index in [4.69, 9.17) is 4.74 Å². The standard InChI is InChI=1S/C20H16FNO4S/c1-2-26-20(25)17-18(24)16(11-12-3-9-15(23)10-4-12)27-19(17)22-14-7-5-13(21)6-8-14/h3-11,23-24H,2H2,1H3. The fraction of sp³-hybridized carbons (Fsp3) is 0.100. The van der Waals surface area contributed by atoms with Gasteiger partial charge in [0.05, 0.1) is 17.2 Å². The van der Waals surface area contributed by atoms with Gasteiger partial charge in [0.1, 0.15) is 27.9 Å². The highest BCUT2D eigenvalue weighted by Gasteiger charge is 2.33. The number of aliphatic hydroxyl groups excluding tert-OH is 1. The Kier molecular flexibility index (Phi) is 5.61. The van der Waals surface area contributed by atoms with Crippen LogP contribution in [0, 0.1) is 5.82 Å². The second-order valence-corrected chi connectivity index (χ2v) is 6.57. The minimum atomic E-state index is -0.683. The lowest BCUT2D eigenvalue weighted by atomic mass is 10.1. The van der Waals surface area contributed by atoms with E-state index < -0.39 is 11.8 Å². The predicted octanol–water partition coefficient (Wildman–Crippen LogP) is 4.72. The molecule has 2 N–H and O–H groups in total. The van der Waals surface area contributed by atoms with Crippen LogP contribution in [-0.2, 0) is 9.53 Å². The number of phenols is 1. The second-order valence-electron chi connectivity index (χ2n) is 5.54.